The van der Waals surface area contributed by atoms with Crippen molar-refractivity contribution in [3.8, 4) is 22.1 Å². The molecule has 2 aromatic heterocycles. The van der Waals surface area contributed by atoms with Crippen LogP contribution in [0, 0.1) is 24.0 Å². The standard InChI is InChI=1S/C23H21N5O4S/c1-4-32-18-9-7-16(8-10-18)19-13-33-23(24-19)27-21(11-15(3)26-27)25-22(29)17-6-5-14(2)20(12-17)28(30)31/h5-13H,4H2,1-3H3,(H,25,29). The number of nitrogens with zero attached hydrogens (tertiary/aromatic N) is 4. The molecule has 0 aliphatic rings. The number of hydrogen-bond acceptors (Lipinski definition) is 7. The van der Waals surface area contributed by atoms with Crippen molar-refractivity contribution in [2.45, 2.75) is 20.8 Å². The highest BCUT2D eigenvalue weighted by Crippen LogP contribution is 2.28. The summed E-state index contributed by atoms with van der Waals surface area (Å²) in [6.45, 7) is 5.97. The molecule has 9 nitrogen and oxygen atoms in total. The lowest BCUT2D eigenvalue weighted by molar-refractivity contribution is -0.385. The SMILES string of the molecule is CCOc1ccc(-c2csc(-n3nc(C)cc3NC(=O)c3ccc(C)c([N+](=O)[O-])c3)n2)cc1. The third-order valence-electron chi connectivity index (χ3n) is 4.88. The Kier molecular flexibility index (Phi) is 6.18. The summed E-state index contributed by atoms with van der Waals surface area (Å²) in [4.78, 5) is 28.2. The number of amides is 1. The average molecular weight is 464 g/mol. The fraction of sp³-hybridized carbons (Fsp3) is 0.174. The highest BCUT2D eigenvalue weighted by atomic mass is 32.1. The number of nitro benzene ring substituents is 1. The third kappa shape index (κ3) is 4.75. The van der Waals surface area contributed by atoms with E-state index in [1.807, 2.05) is 43.5 Å². The molecule has 10 heteroatoms. The normalized spacial score (nSPS) is 10.8. The Morgan fingerprint density at radius 3 is 2.64 bits per heavy atom. The number of carbonyl (C=O) groups excluding carboxylic acids is 1. The maximum Gasteiger partial charge on any atom is 0.273 e. The molecule has 33 heavy (non-hydrogen) atoms. The minimum absolute atomic E-state index is 0.104. The van der Waals surface area contributed by atoms with E-state index in [4.69, 9.17) is 4.74 Å². The Balaban J connectivity index is 1.59. The first kappa shape index (κ1) is 22.2. The molecule has 0 radical (unpaired) electrons. The van der Waals surface area contributed by atoms with Crippen LogP contribution in [0.5, 0.6) is 5.75 Å². The van der Waals surface area contributed by atoms with Crippen molar-refractivity contribution in [1.82, 2.24) is 14.8 Å². The Hall–Kier alpha value is -4.05. The molecule has 0 unspecified atom stereocenters. The Labute approximate surface area is 193 Å². The Bertz CT molecular complexity index is 1330. The lowest BCUT2D eigenvalue weighted by Crippen LogP contribution is -2.15. The molecular formula is C23H21N5O4S. The van der Waals surface area contributed by atoms with E-state index in [1.165, 1.54) is 17.4 Å². The van der Waals surface area contributed by atoms with E-state index in [-0.39, 0.29) is 11.3 Å². The number of nitrogens with one attached hydrogen (secondary N) is 1. The number of hydrogen-bond donors (Lipinski definition) is 1. The van der Waals surface area contributed by atoms with Gasteiger partial charge in [0, 0.05) is 34.2 Å². The first-order chi connectivity index (χ1) is 15.9. The van der Waals surface area contributed by atoms with Crippen LogP contribution in [-0.4, -0.2) is 32.2 Å². The van der Waals surface area contributed by atoms with Gasteiger partial charge in [0.15, 0.2) is 0 Å². The lowest BCUT2D eigenvalue weighted by Gasteiger charge is -2.07. The van der Waals surface area contributed by atoms with Gasteiger partial charge in [-0.1, -0.05) is 6.07 Å². The highest BCUT2D eigenvalue weighted by Gasteiger charge is 2.18. The summed E-state index contributed by atoms with van der Waals surface area (Å²) in [5, 5.41) is 21.0. The quantitative estimate of drug-likeness (QED) is 0.299. The molecule has 0 atom stereocenters. The molecule has 2 aromatic carbocycles. The Morgan fingerprint density at radius 1 is 1.18 bits per heavy atom. The van der Waals surface area contributed by atoms with Gasteiger partial charge in [0.25, 0.3) is 11.6 Å². The van der Waals surface area contributed by atoms with Crippen LogP contribution in [-0.2, 0) is 0 Å². The van der Waals surface area contributed by atoms with Crippen molar-refractivity contribution in [3.05, 3.63) is 80.8 Å². The van der Waals surface area contributed by atoms with Gasteiger partial charge >= 0.3 is 0 Å². The molecule has 1 amide bonds. The fourth-order valence-electron chi connectivity index (χ4n) is 3.25. The number of benzene rings is 2. The van der Waals surface area contributed by atoms with Crippen molar-refractivity contribution < 1.29 is 14.5 Å². The maximum absolute atomic E-state index is 12.8. The maximum atomic E-state index is 12.8. The summed E-state index contributed by atoms with van der Waals surface area (Å²) in [6.07, 6.45) is 0. The van der Waals surface area contributed by atoms with Crippen molar-refractivity contribution in [1.29, 1.82) is 0 Å². The molecule has 2 heterocycles. The summed E-state index contributed by atoms with van der Waals surface area (Å²) < 4.78 is 7.03. The predicted octanol–water partition coefficient (Wildman–Crippen LogP) is 5.17. The predicted molar refractivity (Wildman–Crippen MR) is 126 cm³/mol. The average Bonchev–Trinajstić information content (AvgIpc) is 3.41. The molecule has 0 saturated heterocycles. The highest BCUT2D eigenvalue weighted by molar-refractivity contribution is 7.12. The van der Waals surface area contributed by atoms with E-state index in [1.54, 1.807) is 29.8 Å². The van der Waals surface area contributed by atoms with Crippen LogP contribution >= 0.6 is 11.3 Å². The largest absolute Gasteiger partial charge is 0.494 e. The third-order valence-corrected chi connectivity index (χ3v) is 5.69. The number of anilines is 1. The van der Waals surface area contributed by atoms with Gasteiger partial charge in [0.2, 0.25) is 5.13 Å². The monoisotopic (exact) mass is 463 g/mol. The number of carbonyl (C=O) groups is 1. The van der Waals surface area contributed by atoms with Crippen molar-refractivity contribution >= 4 is 28.7 Å². The van der Waals surface area contributed by atoms with E-state index < -0.39 is 10.8 Å². The summed E-state index contributed by atoms with van der Waals surface area (Å²) in [7, 11) is 0. The van der Waals surface area contributed by atoms with Crippen LogP contribution in [0.4, 0.5) is 11.5 Å². The van der Waals surface area contributed by atoms with Gasteiger partial charge in [-0.3, -0.25) is 14.9 Å². The molecule has 0 bridgehead atoms. The van der Waals surface area contributed by atoms with Gasteiger partial charge in [-0.05, 0) is 51.1 Å². The first-order valence-corrected chi connectivity index (χ1v) is 11.1. The summed E-state index contributed by atoms with van der Waals surface area (Å²) in [5.74, 6) is 0.747. The van der Waals surface area contributed by atoms with Crippen molar-refractivity contribution in [2.24, 2.45) is 0 Å². The van der Waals surface area contributed by atoms with E-state index in [0.29, 0.717) is 28.8 Å². The molecule has 168 valence electrons. The molecule has 1 N–H and O–H groups in total. The second kappa shape index (κ2) is 9.21. The second-order valence-electron chi connectivity index (χ2n) is 7.27. The van der Waals surface area contributed by atoms with Crippen LogP contribution in [0.15, 0.2) is 53.9 Å². The van der Waals surface area contributed by atoms with Gasteiger partial charge < -0.3 is 10.1 Å². The molecule has 0 aliphatic heterocycles. The van der Waals surface area contributed by atoms with Gasteiger partial charge in [-0.25, -0.2) is 4.98 Å². The van der Waals surface area contributed by atoms with Crippen LogP contribution < -0.4 is 10.1 Å². The molecule has 4 aromatic rings. The minimum atomic E-state index is -0.501. The van der Waals surface area contributed by atoms with E-state index >= 15 is 0 Å². The summed E-state index contributed by atoms with van der Waals surface area (Å²) >= 11 is 1.39. The molecule has 0 spiro atoms. The van der Waals surface area contributed by atoms with Crippen LogP contribution in [0.2, 0.25) is 0 Å². The lowest BCUT2D eigenvalue weighted by atomic mass is 10.1. The first-order valence-electron chi connectivity index (χ1n) is 10.2. The van der Waals surface area contributed by atoms with Gasteiger partial charge in [0.1, 0.15) is 11.6 Å². The van der Waals surface area contributed by atoms with Crippen LogP contribution in [0.3, 0.4) is 0 Å². The fourth-order valence-corrected chi connectivity index (χ4v) is 4.05. The second-order valence-corrected chi connectivity index (χ2v) is 8.10. The number of aryl methyl sites for hydroxylation is 2. The molecule has 0 aliphatic carbocycles. The van der Waals surface area contributed by atoms with E-state index in [9.17, 15) is 14.9 Å². The van der Waals surface area contributed by atoms with Crippen LogP contribution in [0.1, 0.15) is 28.5 Å². The molecule has 4 rings (SSSR count). The zero-order chi connectivity index (χ0) is 23.5. The number of aromatic nitrogens is 3. The molecular weight excluding hydrogens is 442 g/mol. The number of rotatable bonds is 7. The zero-order valence-electron chi connectivity index (χ0n) is 18.2. The summed E-state index contributed by atoms with van der Waals surface area (Å²) in [5.41, 5.74) is 2.97. The number of ether oxygens (including phenoxy) is 1. The topological polar surface area (TPSA) is 112 Å². The van der Waals surface area contributed by atoms with E-state index in [2.05, 4.69) is 15.4 Å². The van der Waals surface area contributed by atoms with Gasteiger partial charge in [0.05, 0.1) is 22.9 Å². The van der Waals surface area contributed by atoms with Crippen molar-refractivity contribution in [2.75, 3.05) is 11.9 Å². The van der Waals surface area contributed by atoms with Gasteiger partial charge in [-0.2, -0.15) is 9.78 Å². The van der Waals surface area contributed by atoms with Crippen LogP contribution in [0.25, 0.3) is 16.4 Å². The zero-order valence-corrected chi connectivity index (χ0v) is 19.0. The van der Waals surface area contributed by atoms with Crippen molar-refractivity contribution in [3.63, 3.8) is 0 Å². The Morgan fingerprint density at radius 2 is 1.94 bits per heavy atom. The number of thiazole rings is 1. The molecule has 0 saturated carbocycles. The minimum Gasteiger partial charge on any atom is -0.494 e. The van der Waals surface area contributed by atoms with Gasteiger partial charge in [-0.15, -0.1) is 11.3 Å². The van der Waals surface area contributed by atoms with E-state index in [0.717, 1.165) is 17.0 Å². The summed E-state index contributed by atoms with van der Waals surface area (Å²) in [6, 6.07) is 13.8. The molecule has 0 fully saturated rings. The smallest absolute Gasteiger partial charge is 0.273 e. The number of nitro groups is 1.